The number of carbonyl (C=O) groups excluding carboxylic acids is 1. The standard InChI is InChI=1S/C19H21N5OS/c1-12-5-4-6-15(9-12)18-22-23-19(24(18)20)26-11-17(25)21-16-10-13(2)7-8-14(16)3/h4-10H,11,20H2,1-3H3,(H,21,25). The second-order valence-corrected chi connectivity index (χ2v) is 7.14. The summed E-state index contributed by atoms with van der Waals surface area (Å²) in [5.74, 6) is 6.78. The first-order valence-corrected chi connectivity index (χ1v) is 9.20. The van der Waals surface area contributed by atoms with Gasteiger partial charge in [0, 0.05) is 11.3 Å². The van der Waals surface area contributed by atoms with Gasteiger partial charge in [-0.05, 0) is 44.0 Å². The zero-order chi connectivity index (χ0) is 18.7. The van der Waals surface area contributed by atoms with Gasteiger partial charge in [0.1, 0.15) is 0 Å². The minimum absolute atomic E-state index is 0.108. The predicted molar refractivity (Wildman–Crippen MR) is 106 cm³/mol. The number of thioether (sulfide) groups is 1. The molecule has 1 aromatic heterocycles. The number of nitrogens with one attached hydrogen (secondary N) is 1. The first-order valence-electron chi connectivity index (χ1n) is 8.21. The average Bonchev–Trinajstić information content (AvgIpc) is 2.97. The van der Waals surface area contributed by atoms with E-state index in [1.165, 1.54) is 16.4 Å². The molecule has 3 rings (SSSR count). The minimum atomic E-state index is -0.108. The van der Waals surface area contributed by atoms with Crippen molar-refractivity contribution < 1.29 is 4.79 Å². The van der Waals surface area contributed by atoms with Gasteiger partial charge in [0.25, 0.3) is 0 Å². The number of aryl methyl sites for hydroxylation is 3. The molecule has 0 atom stereocenters. The van der Waals surface area contributed by atoms with E-state index in [2.05, 4.69) is 15.5 Å². The quantitative estimate of drug-likeness (QED) is 0.534. The lowest BCUT2D eigenvalue weighted by molar-refractivity contribution is -0.113. The molecule has 0 fully saturated rings. The summed E-state index contributed by atoms with van der Waals surface area (Å²) in [6.45, 7) is 5.97. The number of rotatable bonds is 5. The first-order chi connectivity index (χ1) is 12.4. The maximum Gasteiger partial charge on any atom is 0.234 e. The second kappa shape index (κ2) is 7.61. The van der Waals surface area contributed by atoms with Crippen molar-refractivity contribution in [1.82, 2.24) is 14.9 Å². The van der Waals surface area contributed by atoms with Crippen molar-refractivity contribution in [3.05, 3.63) is 59.2 Å². The van der Waals surface area contributed by atoms with Crippen LogP contribution in [0.15, 0.2) is 47.6 Å². The Kier molecular flexibility index (Phi) is 5.27. The van der Waals surface area contributed by atoms with Gasteiger partial charge in [0.2, 0.25) is 11.1 Å². The Morgan fingerprint density at radius 2 is 1.88 bits per heavy atom. The molecule has 0 saturated heterocycles. The fourth-order valence-corrected chi connectivity index (χ4v) is 3.20. The Bertz CT molecular complexity index is 951. The fourth-order valence-electron chi connectivity index (χ4n) is 2.54. The number of nitrogens with two attached hydrogens (primary N) is 1. The second-order valence-electron chi connectivity index (χ2n) is 6.20. The molecule has 6 nitrogen and oxygen atoms in total. The van der Waals surface area contributed by atoms with Crippen LogP contribution in [0.5, 0.6) is 0 Å². The highest BCUT2D eigenvalue weighted by molar-refractivity contribution is 7.99. The van der Waals surface area contributed by atoms with E-state index in [-0.39, 0.29) is 11.7 Å². The van der Waals surface area contributed by atoms with Crippen molar-refractivity contribution in [3.8, 4) is 11.4 Å². The summed E-state index contributed by atoms with van der Waals surface area (Å²) in [5, 5.41) is 11.7. The lowest BCUT2D eigenvalue weighted by Gasteiger charge is -2.09. The summed E-state index contributed by atoms with van der Waals surface area (Å²) >= 11 is 1.26. The van der Waals surface area contributed by atoms with Crippen molar-refractivity contribution in [2.45, 2.75) is 25.9 Å². The van der Waals surface area contributed by atoms with Crippen LogP contribution in [0.25, 0.3) is 11.4 Å². The largest absolute Gasteiger partial charge is 0.335 e. The predicted octanol–water partition coefficient (Wildman–Crippen LogP) is 3.31. The summed E-state index contributed by atoms with van der Waals surface area (Å²) in [5.41, 5.74) is 4.96. The molecule has 0 spiro atoms. The van der Waals surface area contributed by atoms with E-state index < -0.39 is 0 Å². The molecule has 2 aromatic carbocycles. The molecule has 134 valence electrons. The highest BCUT2D eigenvalue weighted by atomic mass is 32.2. The van der Waals surface area contributed by atoms with Crippen LogP contribution in [0.4, 0.5) is 5.69 Å². The molecule has 0 saturated carbocycles. The smallest absolute Gasteiger partial charge is 0.234 e. The van der Waals surface area contributed by atoms with Crippen molar-refractivity contribution in [2.24, 2.45) is 0 Å². The first kappa shape index (κ1) is 18.0. The van der Waals surface area contributed by atoms with Gasteiger partial charge in [0.05, 0.1) is 5.75 Å². The van der Waals surface area contributed by atoms with Gasteiger partial charge in [-0.15, -0.1) is 10.2 Å². The number of carbonyl (C=O) groups is 1. The molecule has 26 heavy (non-hydrogen) atoms. The molecule has 7 heteroatoms. The molecule has 1 amide bonds. The molecule has 0 bridgehead atoms. The van der Waals surface area contributed by atoms with Gasteiger partial charge < -0.3 is 11.2 Å². The van der Waals surface area contributed by atoms with Crippen molar-refractivity contribution in [3.63, 3.8) is 0 Å². The maximum absolute atomic E-state index is 12.3. The molecule has 0 aliphatic heterocycles. The summed E-state index contributed by atoms with van der Waals surface area (Å²) < 4.78 is 1.42. The van der Waals surface area contributed by atoms with E-state index in [1.807, 2.05) is 63.2 Å². The Labute approximate surface area is 156 Å². The molecule has 3 N–H and O–H groups in total. The van der Waals surface area contributed by atoms with Gasteiger partial charge >= 0.3 is 0 Å². The Hall–Kier alpha value is -2.80. The van der Waals surface area contributed by atoms with Crippen LogP contribution >= 0.6 is 11.8 Å². The zero-order valence-corrected chi connectivity index (χ0v) is 15.8. The number of nitrogens with zero attached hydrogens (tertiary/aromatic N) is 3. The molecule has 0 radical (unpaired) electrons. The maximum atomic E-state index is 12.3. The van der Waals surface area contributed by atoms with E-state index in [4.69, 9.17) is 5.84 Å². The lowest BCUT2D eigenvalue weighted by atomic mass is 10.1. The number of aromatic nitrogens is 3. The minimum Gasteiger partial charge on any atom is -0.335 e. The van der Waals surface area contributed by atoms with Gasteiger partial charge in [-0.1, -0.05) is 47.7 Å². The molecule has 1 heterocycles. The van der Waals surface area contributed by atoms with Crippen LogP contribution in [-0.4, -0.2) is 26.5 Å². The summed E-state index contributed by atoms with van der Waals surface area (Å²) in [4.78, 5) is 12.3. The molecule has 0 unspecified atom stereocenters. The average molecular weight is 367 g/mol. The monoisotopic (exact) mass is 367 g/mol. The van der Waals surface area contributed by atoms with Crippen molar-refractivity contribution >= 4 is 23.4 Å². The van der Waals surface area contributed by atoms with Crippen LogP contribution in [0.3, 0.4) is 0 Å². The van der Waals surface area contributed by atoms with E-state index in [9.17, 15) is 4.79 Å². The number of anilines is 1. The number of hydrogen-bond donors (Lipinski definition) is 2. The summed E-state index contributed by atoms with van der Waals surface area (Å²) in [6, 6.07) is 13.8. The van der Waals surface area contributed by atoms with Crippen LogP contribution in [0, 0.1) is 20.8 Å². The van der Waals surface area contributed by atoms with Crippen LogP contribution < -0.4 is 11.2 Å². The van der Waals surface area contributed by atoms with Gasteiger partial charge in [0.15, 0.2) is 5.82 Å². The number of benzene rings is 2. The number of amides is 1. The highest BCUT2D eigenvalue weighted by Crippen LogP contribution is 2.23. The van der Waals surface area contributed by atoms with Crippen LogP contribution in [0.2, 0.25) is 0 Å². The SMILES string of the molecule is Cc1cccc(-c2nnc(SCC(=O)Nc3cc(C)ccc3C)n2N)c1. The molecule has 3 aromatic rings. The van der Waals surface area contributed by atoms with Crippen LogP contribution in [-0.2, 0) is 4.79 Å². The van der Waals surface area contributed by atoms with E-state index in [0.717, 1.165) is 27.9 Å². The van der Waals surface area contributed by atoms with E-state index >= 15 is 0 Å². The number of hydrogen-bond acceptors (Lipinski definition) is 5. The third-order valence-corrected chi connectivity index (χ3v) is 4.88. The number of nitrogen functional groups attached to an aromatic ring is 1. The van der Waals surface area contributed by atoms with Crippen LogP contribution in [0.1, 0.15) is 16.7 Å². The summed E-state index contributed by atoms with van der Waals surface area (Å²) in [6.07, 6.45) is 0. The van der Waals surface area contributed by atoms with Crippen molar-refractivity contribution in [1.29, 1.82) is 0 Å². The van der Waals surface area contributed by atoms with Gasteiger partial charge in [-0.2, -0.15) is 0 Å². The molecular formula is C19H21N5OS. The fraction of sp³-hybridized carbons (Fsp3) is 0.211. The molecule has 0 aliphatic rings. The van der Waals surface area contributed by atoms with E-state index in [1.54, 1.807) is 0 Å². The normalized spacial score (nSPS) is 10.7. The molecule has 0 aliphatic carbocycles. The van der Waals surface area contributed by atoms with Crippen molar-refractivity contribution in [2.75, 3.05) is 16.9 Å². The third kappa shape index (κ3) is 4.05. The van der Waals surface area contributed by atoms with Gasteiger partial charge in [-0.25, -0.2) is 4.68 Å². The Morgan fingerprint density at radius 1 is 1.12 bits per heavy atom. The van der Waals surface area contributed by atoms with Gasteiger partial charge in [-0.3, -0.25) is 4.79 Å². The Morgan fingerprint density at radius 3 is 2.65 bits per heavy atom. The summed E-state index contributed by atoms with van der Waals surface area (Å²) in [7, 11) is 0. The lowest BCUT2D eigenvalue weighted by Crippen LogP contribution is -2.17. The third-order valence-electron chi connectivity index (χ3n) is 3.94. The highest BCUT2D eigenvalue weighted by Gasteiger charge is 2.14. The Balaban J connectivity index is 1.67. The van der Waals surface area contributed by atoms with E-state index in [0.29, 0.717) is 11.0 Å². The topological polar surface area (TPSA) is 85.8 Å². The zero-order valence-electron chi connectivity index (χ0n) is 15.0. The molecular weight excluding hydrogens is 346 g/mol.